The van der Waals surface area contributed by atoms with Crippen molar-refractivity contribution in [1.29, 1.82) is 0 Å². The molecule has 4 aromatic rings. The first-order valence-corrected chi connectivity index (χ1v) is 10.1. The van der Waals surface area contributed by atoms with Crippen molar-refractivity contribution in [2.45, 2.75) is 33.1 Å². The Morgan fingerprint density at radius 2 is 1.82 bits per heavy atom. The molecule has 0 saturated carbocycles. The van der Waals surface area contributed by atoms with Gasteiger partial charge in [0.05, 0.1) is 15.9 Å². The van der Waals surface area contributed by atoms with Gasteiger partial charge in [-0.1, -0.05) is 47.2 Å². The number of aromatic nitrogens is 3. The Labute approximate surface area is 167 Å². The second kappa shape index (κ2) is 6.27. The minimum absolute atomic E-state index is 0.00900. The lowest BCUT2D eigenvalue weighted by atomic mass is 9.85. The third-order valence-electron chi connectivity index (χ3n) is 5.30. The van der Waals surface area contributed by atoms with Crippen molar-refractivity contribution in [3.8, 4) is 5.13 Å². The molecular weight excluding hydrogens is 368 g/mol. The minimum Gasteiger partial charge on any atom is -0.310 e. The maximum atomic E-state index is 12.5. The summed E-state index contributed by atoms with van der Waals surface area (Å²) in [6.07, 6.45) is 0.432. The number of hydrogen-bond donors (Lipinski definition) is 1. The van der Waals surface area contributed by atoms with Crippen LogP contribution in [0.1, 0.15) is 40.3 Å². The van der Waals surface area contributed by atoms with E-state index in [4.69, 9.17) is 10.1 Å². The number of nitrogens with one attached hydrogen (secondary N) is 1. The van der Waals surface area contributed by atoms with E-state index in [1.807, 2.05) is 13.0 Å². The van der Waals surface area contributed by atoms with E-state index in [0.29, 0.717) is 6.42 Å². The van der Waals surface area contributed by atoms with E-state index in [1.54, 1.807) is 16.0 Å². The van der Waals surface area contributed by atoms with Crippen LogP contribution in [0.5, 0.6) is 0 Å². The molecule has 1 aliphatic rings. The van der Waals surface area contributed by atoms with E-state index >= 15 is 0 Å². The molecule has 3 heterocycles. The van der Waals surface area contributed by atoms with Gasteiger partial charge < -0.3 is 5.32 Å². The summed E-state index contributed by atoms with van der Waals surface area (Å²) in [4.78, 5) is 17.3. The van der Waals surface area contributed by atoms with Crippen molar-refractivity contribution in [1.82, 2.24) is 14.8 Å². The monoisotopic (exact) mass is 388 g/mol. The summed E-state index contributed by atoms with van der Waals surface area (Å²) >= 11 is 1.59. The van der Waals surface area contributed by atoms with Crippen LogP contribution in [-0.2, 0) is 4.79 Å². The zero-order valence-electron chi connectivity index (χ0n) is 16.0. The lowest BCUT2D eigenvalue weighted by Crippen LogP contribution is -2.24. The van der Waals surface area contributed by atoms with Gasteiger partial charge in [-0.25, -0.2) is 4.98 Å². The van der Waals surface area contributed by atoms with Crippen LogP contribution in [0.3, 0.4) is 0 Å². The maximum Gasteiger partial charge on any atom is 0.226 e. The summed E-state index contributed by atoms with van der Waals surface area (Å²) in [5.41, 5.74) is 6.51. The van der Waals surface area contributed by atoms with Gasteiger partial charge in [-0.15, -0.1) is 0 Å². The topological polar surface area (TPSA) is 59.8 Å². The highest BCUT2D eigenvalue weighted by molar-refractivity contribution is 7.20. The number of fused-ring (bicyclic) bond motifs is 2. The second-order valence-electron chi connectivity index (χ2n) is 7.44. The highest BCUT2D eigenvalue weighted by Crippen LogP contribution is 2.41. The van der Waals surface area contributed by atoms with Crippen molar-refractivity contribution in [2.75, 3.05) is 5.32 Å². The summed E-state index contributed by atoms with van der Waals surface area (Å²) in [5, 5.41) is 8.57. The Kier molecular flexibility index (Phi) is 3.84. The average Bonchev–Trinajstić information content (AvgIpc) is 3.22. The number of hydrogen-bond acceptors (Lipinski definition) is 4. The minimum atomic E-state index is 0.00900. The summed E-state index contributed by atoms with van der Waals surface area (Å²) in [6.45, 7) is 6.15. The molecule has 0 radical (unpaired) electrons. The zero-order valence-corrected chi connectivity index (χ0v) is 16.8. The van der Waals surface area contributed by atoms with E-state index in [0.717, 1.165) is 38.0 Å². The summed E-state index contributed by atoms with van der Waals surface area (Å²) in [7, 11) is 0. The lowest BCUT2D eigenvalue weighted by Gasteiger charge is -2.24. The highest BCUT2D eigenvalue weighted by atomic mass is 32.1. The summed E-state index contributed by atoms with van der Waals surface area (Å²) < 4.78 is 2.91. The average molecular weight is 388 g/mol. The molecule has 0 unspecified atom stereocenters. The first-order chi connectivity index (χ1) is 13.5. The number of rotatable bonds is 2. The van der Waals surface area contributed by atoms with E-state index in [-0.39, 0.29) is 11.8 Å². The lowest BCUT2D eigenvalue weighted by molar-refractivity contribution is -0.116. The largest absolute Gasteiger partial charge is 0.310 e. The van der Waals surface area contributed by atoms with Gasteiger partial charge in [0.2, 0.25) is 11.0 Å². The Balaban J connectivity index is 1.67. The fourth-order valence-electron chi connectivity index (χ4n) is 3.88. The molecule has 0 fully saturated rings. The van der Waals surface area contributed by atoms with Crippen molar-refractivity contribution >= 4 is 33.3 Å². The van der Waals surface area contributed by atoms with Gasteiger partial charge in [-0.05, 0) is 44.0 Å². The van der Waals surface area contributed by atoms with Crippen LogP contribution in [0, 0.1) is 20.8 Å². The highest BCUT2D eigenvalue weighted by Gasteiger charge is 2.33. The second-order valence-corrected chi connectivity index (χ2v) is 8.45. The number of amides is 1. The molecule has 2 aromatic heterocycles. The SMILES string of the molecule is Cc1ccc([C@H]2CC(=O)Nc3c2c(C)nn3-c2nc3ccc(C)cc3s2)cc1. The molecule has 1 aliphatic heterocycles. The fourth-order valence-corrected chi connectivity index (χ4v) is 4.90. The van der Waals surface area contributed by atoms with E-state index in [9.17, 15) is 4.79 Å². The van der Waals surface area contributed by atoms with Crippen molar-refractivity contribution in [2.24, 2.45) is 0 Å². The Morgan fingerprint density at radius 3 is 2.61 bits per heavy atom. The van der Waals surface area contributed by atoms with E-state index in [1.165, 1.54) is 11.1 Å². The smallest absolute Gasteiger partial charge is 0.226 e. The maximum absolute atomic E-state index is 12.5. The Morgan fingerprint density at radius 1 is 1.07 bits per heavy atom. The quantitative estimate of drug-likeness (QED) is 0.532. The molecule has 1 amide bonds. The fraction of sp³-hybridized carbons (Fsp3) is 0.227. The third-order valence-corrected chi connectivity index (χ3v) is 6.29. The number of thiazole rings is 1. The van der Waals surface area contributed by atoms with Crippen LogP contribution >= 0.6 is 11.3 Å². The van der Waals surface area contributed by atoms with Crippen LogP contribution in [0.15, 0.2) is 42.5 Å². The molecule has 0 aliphatic carbocycles. The van der Waals surface area contributed by atoms with Crippen molar-refractivity contribution in [3.05, 3.63) is 70.4 Å². The first-order valence-electron chi connectivity index (χ1n) is 9.33. The van der Waals surface area contributed by atoms with Gasteiger partial charge in [0.25, 0.3) is 0 Å². The van der Waals surface area contributed by atoms with Gasteiger partial charge in [0, 0.05) is 17.9 Å². The molecule has 5 nitrogen and oxygen atoms in total. The molecule has 28 heavy (non-hydrogen) atoms. The van der Waals surface area contributed by atoms with Gasteiger partial charge in [0.1, 0.15) is 5.82 Å². The first kappa shape index (κ1) is 17.1. The van der Waals surface area contributed by atoms with Gasteiger partial charge in [-0.2, -0.15) is 9.78 Å². The Bertz CT molecular complexity index is 1220. The number of aryl methyl sites for hydroxylation is 3. The van der Waals surface area contributed by atoms with Crippen LogP contribution in [0.4, 0.5) is 5.82 Å². The third kappa shape index (κ3) is 2.72. The molecule has 0 saturated heterocycles. The van der Waals surface area contributed by atoms with Gasteiger partial charge in [-0.3, -0.25) is 4.79 Å². The zero-order chi connectivity index (χ0) is 19.4. The molecule has 0 spiro atoms. The van der Waals surface area contributed by atoms with Crippen LogP contribution in [0.2, 0.25) is 0 Å². The van der Waals surface area contributed by atoms with Crippen molar-refractivity contribution in [3.63, 3.8) is 0 Å². The summed E-state index contributed by atoms with van der Waals surface area (Å²) in [5.74, 6) is 0.765. The molecule has 140 valence electrons. The van der Waals surface area contributed by atoms with Gasteiger partial charge in [0.15, 0.2) is 0 Å². The molecule has 6 heteroatoms. The predicted octanol–water partition coefficient (Wildman–Crippen LogP) is 4.88. The standard InChI is InChI=1S/C22H20N4OS/c1-12-4-7-15(8-5-12)16-11-19(27)24-21-20(16)14(3)25-26(21)22-23-17-9-6-13(2)10-18(17)28-22/h4-10,16H,11H2,1-3H3,(H,24,27)/t16-/m1/s1. The van der Waals surface area contributed by atoms with Crippen molar-refractivity contribution < 1.29 is 4.79 Å². The number of benzene rings is 2. The molecule has 2 aromatic carbocycles. The number of nitrogens with zero attached hydrogens (tertiary/aromatic N) is 3. The predicted molar refractivity (Wildman–Crippen MR) is 112 cm³/mol. The van der Waals surface area contributed by atoms with E-state index in [2.05, 4.69) is 55.6 Å². The van der Waals surface area contributed by atoms with E-state index < -0.39 is 0 Å². The normalized spacial score (nSPS) is 16.2. The molecule has 5 rings (SSSR count). The molecular formula is C22H20N4OS. The molecule has 1 N–H and O–H groups in total. The van der Waals surface area contributed by atoms with Crippen LogP contribution < -0.4 is 5.32 Å². The van der Waals surface area contributed by atoms with Crippen LogP contribution in [-0.4, -0.2) is 20.7 Å². The molecule has 1 atom stereocenters. The summed E-state index contributed by atoms with van der Waals surface area (Å²) in [6, 6.07) is 14.6. The van der Waals surface area contributed by atoms with Crippen LogP contribution in [0.25, 0.3) is 15.3 Å². The number of carbonyl (C=O) groups excluding carboxylic acids is 1. The molecule has 0 bridgehead atoms. The van der Waals surface area contributed by atoms with Gasteiger partial charge >= 0.3 is 0 Å². The number of anilines is 1. The Hall–Kier alpha value is -2.99. The number of carbonyl (C=O) groups is 1.